The van der Waals surface area contributed by atoms with Gasteiger partial charge in [0.2, 0.25) is 0 Å². The van der Waals surface area contributed by atoms with Gasteiger partial charge in [0.1, 0.15) is 11.3 Å². The molecule has 0 aliphatic rings. The molecule has 0 fully saturated rings. The molecule has 0 atom stereocenters. The summed E-state index contributed by atoms with van der Waals surface area (Å²) in [6.45, 7) is 4.36. The van der Waals surface area contributed by atoms with Crippen LogP contribution in [0.15, 0.2) is 35.1 Å². The summed E-state index contributed by atoms with van der Waals surface area (Å²) in [5.41, 5.74) is 2.78. The molecule has 5 heteroatoms. The van der Waals surface area contributed by atoms with Crippen molar-refractivity contribution in [1.82, 2.24) is 9.88 Å². The molecule has 0 spiro atoms. The summed E-state index contributed by atoms with van der Waals surface area (Å²) >= 11 is 0. The lowest BCUT2D eigenvalue weighted by Crippen LogP contribution is -2.33. The fourth-order valence-corrected chi connectivity index (χ4v) is 2.69. The maximum Gasteiger partial charge on any atom is 0.263 e. The van der Waals surface area contributed by atoms with Crippen LogP contribution in [-0.4, -0.2) is 24.6 Å². The molecule has 0 aliphatic heterocycles. The zero-order valence-electron chi connectivity index (χ0n) is 14.0. The standard InChI is InChI=1S/C18H22N2O3/c1-5-16-12(2)10-15(17(21)19-3)18(22)20(16)11-13-6-8-14(23-4)9-7-13/h6-10H,5,11H2,1-4H3,(H,19,21). The van der Waals surface area contributed by atoms with Crippen LogP contribution in [0.4, 0.5) is 0 Å². The Bertz CT molecular complexity index is 761. The molecule has 1 amide bonds. The highest BCUT2D eigenvalue weighted by Crippen LogP contribution is 2.15. The van der Waals surface area contributed by atoms with E-state index in [-0.39, 0.29) is 17.0 Å². The fourth-order valence-electron chi connectivity index (χ4n) is 2.69. The van der Waals surface area contributed by atoms with E-state index < -0.39 is 0 Å². The van der Waals surface area contributed by atoms with Gasteiger partial charge in [-0.1, -0.05) is 19.1 Å². The number of rotatable bonds is 5. The average Bonchev–Trinajstić information content (AvgIpc) is 2.58. The predicted octanol–water partition coefficient (Wildman–Crippen LogP) is 2.14. The molecule has 23 heavy (non-hydrogen) atoms. The number of aromatic nitrogens is 1. The van der Waals surface area contributed by atoms with Crippen LogP contribution >= 0.6 is 0 Å². The van der Waals surface area contributed by atoms with Crippen LogP contribution in [0.1, 0.15) is 34.1 Å². The molecule has 0 saturated carbocycles. The first-order valence-corrected chi connectivity index (χ1v) is 7.60. The van der Waals surface area contributed by atoms with E-state index in [0.29, 0.717) is 6.54 Å². The topological polar surface area (TPSA) is 60.3 Å². The summed E-state index contributed by atoms with van der Waals surface area (Å²) in [5, 5.41) is 2.52. The van der Waals surface area contributed by atoms with Crippen molar-refractivity contribution in [2.75, 3.05) is 14.2 Å². The highest BCUT2D eigenvalue weighted by atomic mass is 16.5. The van der Waals surface area contributed by atoms with Gasteiger partial charge in [-0.15, -0.1) is 0 Å². The third-order valence-corrected chi connectivity index (χ3v) is 3.92. The number of nitrogens with one attached hydrogen (secondary N) is 1. The average molecular weight is 314 g/mol. The van der Waals surface area contributed by atoms with E-state index in [0.717, 1.165) is 29.0 Å². The number of nitrogens with zero attached hydrogens (tertiary/aromatic N) is 1. The second-order valence-corrected chi connectivity index (χ2v) is 5.36. The molecule has 0 bridgehead atoms. The van der Waals surface area contributed by atoms with Crippen molar-refractivity contribution in [1.29, 1.82) is 0 Å². The van der Waals surface area contributed by atoms with E-state index in [1.165, 1.54) is 7.05 Å². The lowest BCUT2D eigenvalue weighted by molar-refractivity contribution is 0.0961. The minimum atomic E-state index is -0.357. The molecule has 1 aromatic carbocycles. The van der Waals surface area contributed by atoms with Crippen molar-refractivity contribution in [3.05, 3.63) is 63.1 Å². The van der Waals surface area contributed by atoms with Crippen molar-refractivity contribution in [3.63, 3.8) is 0 Å². The molecule has 122 valence electrons. The lowest BCUT2D eigenvalue weighted by Gasteiger charge is -2.16. The number of methoxy groups -OCH3 is 1. The van der Waals surface area contributed by atoms with Crippen LogP contribution in [0.2, 0.25) is 0 Å². The van der Waals surface area contributed by atoms with Crippen molar-refractivity contribution < 1.29 is 9.53 Å². The highest BCUT2D eigenvalue weighted by molar-refractivity contribution is 5.93. The van der Waals surface area contributed by atoms with Gasteiger partial charge in [-0.25, -0.2) is 0 Å². The molecule has 1 aromatic heterocycles. The van der Waals surface area contributed by atoms with Crippen LogP contribution in [-0.2, 0) is 13.0 Å². The van der Waals surface area contributed by atoms with E-state index in [1.54, 1.807) is 17.7 Å². The summed E-state index contributed by atoms with van der Waals surface area (Å²) in [5.74, 6) is 0.413. The molecule has 0 radical (unpaired) electrons. The Morgan fingerprint density at radius 2 is 1.91 bits per heavy atom. The van der Waals surface area contributed by atoms with Crippen molar-refractivity contribution >= 4 is 5.91 Å². The minimum Gasteiger partial charge on any atom is -0.497 e. The number of amides is 1. The third kappa shape index (κ3) is 3.44. The second-order valence-electron chi connectivity index (χ2n) is 5.36. The Labute approximate surface area is 135 Å². The molecule has 2 rings (SSSR count). The number of benzene rings is 1. The number of aryl methyl sites for hydroxylation is 1. The van der Waals surface area contributed by atoms with Gasteiger partial charge in [0.25, 0.3) is 11.5 Å². The number of hydrogen-bond donors (Lipinski definition) is 1. The Hall–Kier alpha value is -2.56. The maximum atomic E-state index is 12.7. The first kappa shape index (κ1) is 16.8. The SMILES string of the molecule is CCc1c(C)cc(C(=O)NC)c(=O)n1Cc1ccc(OC)cc1. The van der Waals surface area contributed by atoms with Gasteiger partial charge < -0.3 is 14.6 Å². The van der Waals surface area contributed by atoms with Gasteiger partial charge in [0, 0.05) is 12.7 Å². The van der Waals surface area contributed by atoms with E-state index in [2.05, 4.69) is 5.32 Å². The Morgan fingerprint density at radius 3 is 2.43 bits per heavy atom. The number of pyridine rings is 1. The smallest absolute Gasteiger partial charge is 0.263 e. The molecule has 1 heterocycles. The first-order chi connectivity index (χ1) is 11.0. The molecule has 1 N–H and O–H groups in total. The summed E-state index contributed by atoms with van der Waals surface area (Å²) in [6.07, 6.45) is 0.727. The van der Waals surface area contributed by atoms with Crippen molar-refractivity contribution in [2.45, 2.75) is 26.8 Å². The van der Waals surface area contributed by atoms with Crippen LogP contribution < -0.4 is 15.6 Å². The Morgan fingerprint density at radius 1 is 1.26 bits per heavy atom. The van der Waals surface area contributed by atoms with Crippen LogP contribution in [0, 0.1) is 6.92 Å². The van der Waals surface area contributed by atoms with Gasteiger partial charge in [-0.3, -0.25) is 9.59 Å². The second kappa shape index (κ2) is 7.13. The van der Waals surface area contributed by atoms with Gasteiger partial charge in [0.15, 0.2) is 0 Å². The third-order valence-electron chi connectivity index (χ3n) is 3.92. The number of carbonyl (C=O) groups is 1. The summed E-state index contributed by atoms with van der Waals surface area (Å²) in [4.78, 5) is 24.6. The van der Waals surface area contributed by atoms with Crippen LogP contribution in [0.3, 0.4) is 0 Å². The van der Waals surface area contributed by atoms with E-state index in [4.69, 9.17) is 4.74 Å². The molecule has 5 nitrogen and oxygen atoms in total. The van der Waals surface area contributed by atoms with Gasteiger partial charge in [-0.05, 0) is 42.7 Å². The molecular weight excluding hydrogens is 292 g/mol. The Balaban J connectivity index is 2.52. The summed E-state index contributed by atoms with van der Waals surface area (Å²) < 4.78 is 6.83. The molecule has 2 aromatic rings. The van der Waals surface area contributed by atoms with Crippen molar-refractivity contribution in [3.8, 4) is 5.75 Å². The van der Waals surface area contributed by atoms with Gasteiger partial charge >= 0.3 is 0 Å². The number of hydrogen-bond acceptors (Lipinski definition) is 3. The van der Waals surface area contributed by atoms with Crippen LogP contribution in [0.5, 0.6) is 5.75 Å². The maximum absolute atomic E-state index is 12.7. The summed E-state index contributed by atoms with van der Waals surface area (Å²) in [6, 6.07) is 9.24. The largest absolute Gasteiger partial charge is 0.497 e. The monoisotopic (exact) mass is 314 g/mol. The van der Waals surface area contributed by atoms with E-state index >= 15 is 0 Å². The molecular formula is C18H22N2O3. The predicted molar refractivity (Wildman–Crippen MR) is 90.3 cm³/mol. The minimum absolute atomic E-state index is 0.177. The zero-order chi connectivity index (χ0) is 17.0. The molecule has 0 aliphatic carbocycles. The summed E-state index contributed by atoms with van der Waals surface area (Å²) in [7, 11) is 3.14. The molecule has 0 unspecified atom stereocenters. The van der Waals surface area contributed by atoms with E-state index in [1.807, 2.05) is 38.1 Å². The van der Waals surface area contributed by atoms with Gasteiger partial charge in [0.05, 0.1) is 13.7 Å². The van der Waals surface area contributed by atoms with Crippen molar-refractivity contribution in [2.24, 2.45) is 0 Å². The first-order valence-electron chi connectivity index (χ1n) is 7.60. The van der Waals surface area contributed by atoms with E-state index in [9.17, 15) is 9.59 Å². The quantitative estimate of drug-likeness (QED) is 0.920. The zero-order valence-corrected chi connectivity index (χ0v) is 14.0. The Kier molecular flexibility index (Phi) is 5.21. The number of ether oxygens (including phenoxy) is 1. The number of carbonyl (C=O) groups excluding carboxylic acids is 1. The highest BCUT2D eigenvalue weighted by Gasteiger charge is 2.16. The fraction of sp³-hybridized carbons (Fsp3) is 0.333. The van der Waals surface area contributed by atoms with Crippen LogP contribution in [0.25, 0.3) is 0 Å². The molecule has 0 saturated heterocycles. The van der Waals surface area contributed by atoms with Gasteiger partial charge in [-0.2, -0.15) is 0 Å². The normalized spacial score (nSPS) is 10.4. The lowest BCUT2D eigenvalue weighted by atomic mass is 10.1.